The number of aryl methyl sites for hydroxylation is 4. The second-order valence-electron chi connectivity index (χ2n) is 8.11. The van der Waals surface area contributed by atoms with Gasteiger partial charge < -0.3 is 5.32 Å². The number of carbonyl (C=O) groups excluding carboxylic acids is 1. The summed E-state index contributed by atoms with van der Waals surface area (Å²) < 4.78 is 3.66. The fourth-order valence-electron chi connectivity index (χ4n) is 3.91. The molecular weight excluding hydrogens is 408 g/mol. The van der Waals surface area contributed by atoms with E-state index in [0.29, 0.717) is 12.1 Å². The molecule has 4 heterocycles. The van der Waals surface area contributed by atoms with E-state index < -0.39 is 0 Å². The highest BCUT2D eigenvalue weighted by atomic mass is 32.1. The van der Waals surface area contributed by atoms with Crippen molar-refractivity contribution < 1.29 is 4.79 Å². The molecule has 31 heavy (non-hydrogen) atoms. The van der Waals surface area contributed by atoms with Gasteiger partial charge in [-0.3, -0.25) is 9.48 Å². The van der Waals surface area contributed by atoms with Gasteiger partial charge in [0.1, 0.15) is 0 Å². The van der Waals surface area contributed by atoms with Crippen molar-refractivity contribution in [2.75, 3.05) is 0 Å². The Balaban J connectivity index is 1.76. The maximum Gasteiger partial charge on any atom is 0.252 e. The van der Waals surface area contributed by atoms with E-state index in [0.717, 1.165) is 40.0 Å². The lowest BCUT2D eigenvalue weighted by molar-refractivity contribution is 0.0952. The lowest BCUT2D eigenvalue weighted by atomic mass is 10.1. The summed E-state index contributed by atoms with van der Waals surface area (Å²) in [4.78, 5) is 20.6. The summed E-state index contributed by atoms with van der Waals surface area (Å²) in [7, 11) is 1.90. The number of aromatic nitrogens is 5. The Bertz CT molecular complexity index is 1260. The number of nitrogens with zero attached hydrogens (tertiary/aromatic N) is 5. The molecule has 4 aromatic heterocycles. The molecule has 7 nitrogen and oxygen atoms in total. The molecule has 0 saturated heterocycles. The maximum atomic E-state index is 13.3. The lowest BCUT2D eigenvalue weighted by Gasteiger charge is -2.11. The lowest BCUT2D eigenvalue weighted by Crippen LogP contribution is -2.23. The highest BCUT2D eigenvalue weighted by Crippen LogP contribution is 2.32. The van der Waals surface area contributed by atoms with Crippen LogP contribution in [0, 0.1) is 13.8 Å². The fourth-order valence-corrected chi connectivity index (χ4v) is 4.84. The van der Waals surface area contributed by atoms with Crippen molar-refractivity contribution in [3.8, 4) is 11.3 Å². The molecule has 4 rings (SSSR count). The molecule has 0 aliphatic heterocycles. The molecule has 0 aliphatic rings. The molecule has 0 unspecified atom stereocenters. The van der Waals surface area contributed by atoms with Crippen LogP contribution >= 0.6 is 11.3 Å². The second-order valence-corrected chi connectivity index (χ2v) is 9.57. The van der Waals surface area contributed by atoms with Crippen molar-refractivity contribution in [2.45, 2.75) is 53.6 Å². The van der Waals surface area contributed by atoms with Crippen LogP contribution in [0.1, 0.15) is 58.2 Å². The number of pyridine rings is 1. The van der Waals surface area contributed by atoms with E-state index in [-0.39, 0.29) is 11.9 Å². The standard InChI is InChI=1S/C23H28N6OS/c1-7-20-16(12-28(6)27-20)10-24-23(30)18-9-21(17-8-14(4)31-15(17)5)26-22-19(18)11-25-29(22)13(2)3/h8-9,11-13H,7,10H2,1-6H3,(H,24,30). The molecule has 0 spiro atoms. The largest absolute Gasteiger partial charge is 0.348 e. The van der Waals surface area contributed by atoms with E-state index >= 15 is 0 Å². The Morgan fingerprint density at radius 1 is 1.26 bits per heavy atom. The van der Waals surface area contributed by atoms with E-state index in [4.69, 9.17) is 4.98 Å². The van der Waals surface area contributed by atoms with Gasteiger partial charge in [-0.25, -0.2) is 9.67 Å². The predicted octanol–water partition coefficient (Wildman–Crippen LogP) is 4.58. The molecule has 0 radical (unpaired) electrons. The monoisotopic (exact) mass is 436 g/mol. The molecule has 0 fully saturated rings. The normalized spacial score (nSPS) is 11.6. The third-order valence-corrected chi connectivity index (χ3v) is 6.35. The summed E-state index contributed by atoms with van der Waals surface area (Å²) >= 11 is 1.74. The van der Waals surface area contributed by atoms with E-state index in [1.807, 2.05) is 24.0 Å². The smallest absolute Gasteiger partial charge is 0.252 e. The van der Waals surface area contributed by atoms with Gasteiger partial charge in [-0.05, 0) is 46.2 Å². The van der Waals surface area contributed by atoms with Crippen LogP contribution in [0.4, 0.5) is 0 Å². The van der Waals surface area contributed by atoms with E-state index in [2.05, 4.69) is 56.2 Å². The summed E-state index contributed by atoms with van der Waals surface area (Å²) in [5, 5.41) is 12.8. The zero-order valence-corrected chi connectivity index (χ0v) is 19.7. The van der Waals surface area contributed by atoms with Crippen LogP contribution in [-0.4, -0.2) is 30.5 Å². The van der Waals surface area contributed by atoms with Crippen LogP contribution < -0.4 is 5.32 Å². The van der Waals surface area contributed by atoms with E-state index in [9.17, 15) is 4.79 Å². The minimum Gasteiger partial charge on any atom is -0.348 e. The zero-order valence-electron chi connectivity index (χ0n) is 18.9. The predicted molar refractivity (Wildman–Crippen MR) is 124 cm³/mol. The van der Waals surface area contributed by atoms with Crippen LogP contribution in [0.2, 0.25) is 0 Å². The van der Waals surface area contributed by atoms with Gasteiger partial charge in [0.15, 0.2) is 5.65 Å². The highest BCUT2D eigenvalue weighted by Gasteiger charge is 2.20. The zero-order chi connectivity index (χ0) is 22.3. The van der Waals surface area contributed by atoms with Gasteiger partial charge in [-0.2, -0.15) is 10.2 Å². The molecule has 4 aromatic rings. The third kappa shape index (κ3) is 3.99. The van der Waals surface area contributed by atoms with Gasteiger partial charge in [-0.1, -0.05) is 6.92 Å². The van der Waals surface area contributed by atoms with Gasteiger partial charge in [0, 0.05) is 46.7 Å². The van der Waals surface area contributed by atoms with Gasteiger partial charge in [0.25, 0.3) is 5.91 Å². The van der Waals surface area contributed by atoms with Crippen molar-refractivity contribution in [3.63, 3.8) is 0 Å². The molecule has 162 valence electrons. The first kappa shape index (κ1) is 21.2. The van der Waals surface area contributed by atoms with Crippen molar-refractivity contribution in [2.24, 2.45) is 7.05 Å². The molecule has 0 bridgehead atoms. The van der Waals surface area contributed by atoms with Crippen LogP contribution in [0.15, 0.2) is 24.5 Å². The number of carbonyl (C=O) groups is 1. The molecule has 1 amide bonds. The Morgan fingerprint density at radius 2 is 2.03 bits per heavy atom. The molecule has 0 atom stereocenters. The molecular formula is C23H28N6OS. The molecule has 1 N–H and O–H groups in total. The number of hydrogen-bond acceptors (Lipinski definition) is 5. The number of fused-ring (bicyclic) bond motifs is 1. The van der Waals surface area contributed by atoms with Gasteiger partial charge >= 0.3 is 0 Å². The van der Waals surface area contributed by atoms with Crippen molar-refractivity contribution >= 4 is 28.3 Å². The Morgan fingerprint density at radius 3 is 2.68 bits per heavy atom. The number of amides is 1. The summed E-state index contributed by atoms with van der Waals surface area (Å²) in [6.45, 7) is 10.8. The molecule has 0 aliphatic carbocycles. The van der Waals surface area contributed by atoms with Crippen molar-refractivity contribution in [3.05, 3.63) is 51.1 Å². The minimum absolute atomic E-state index is 0.132. The number of rotatable bonds is 6. The summed E-state index contributed by atoms with van der Waals surface area (Å²) in [6, 6.07) is 4.17. The molecule has 0 saturated carbocycles. The van der Waals surface area contributed by atoms with Crippen LogP contribution in [0.3, 0.4) is 0 Å². The SMILES string of the molecule is CCc1nn(C)cc1CNC(=O)c1cc(-c2cc(C)sc2C)nc2c1cnn2C(C)C. The number of thiophene rings is 1. The number of hydrogen-bond donors (Lipinski definition) is 1. The minimum atomic E-state index is -0.132. The first-order valence-electron chi connectivity index (χ1n) is 10.5. The van der Waals surface area contributed by atoms with Gasteiger partial charge in [0.05, 0.1) is 28.5 Å². The van der Waals surface area contributed by atoms with Crippen LogP contribution in [0.5, 0.6) is 0 Å². The van der Waals surface area contributed by atoms with Crippen molar-refractivity contribution in [1.29, 1.82) is 0 Å². The quantitative estimate of drug-likeness (QED) is 0.480. The first-order valence-corrected chi connectivity index (χ1v) is 11.3. The topological polar surface area (TPSA) is 77.6 Å². The maximum absolute atomic E-state index is 13.3. The molecule has 0 aromatic carbocycles. The Hall–Kier alpha value is -3.00. The average Bonchev–Trinajstić information content (AvgIpc) is 3.40. The Labute approximate surface area is 186 Å². The van der Waals surface area contributed by atoms with E-state index in [1.165, 1.54) is 9.75 Å². The van der Waals surface area contributed by atoms with Crippen LogP contribution in [-0.2, 0) is 20.0 Å². The number of nitrogens with one attached hydrogen (secondary N) is 1. The first-order chi connectivity index (χ1) is 14.8. The summed E-state index contributed by atoms with van der Waals surface area (Å²) in [6.07, 6.45) is 4.53. The average molecular weight is 437 g/mol. The summed E-state index contributed by atoms with van der Waals surface area (Å²) in [5.41, 5.74) is 5.23. The second kappa shape index (κ2) is 8.26. The van der Waals surface area contributed by atoms with Gasteiger partial charge in [0.2, 0.25) is 0 Å². The van der Waals surface area contributed by atoms with Gasteiger partial charge in [-0.15, -0.1) is 11.3 Å². The molecule has 8 heteroatoms. The van der Waals surface area contributed by atoms with E-state index in [1.54, 1.807) is 22.2 Å². The van der Waals surface area contributed by atoms with Crippen molar-refractivity contribution in [1.82, 2.24) is 29.9 Å². The Kier molecular flexibility index (Phi) is 5.66. The fraction of sp³-hybridized carbons (Fsp3) is 0.391. The van der Waals surface area contributed by atoms with Crippen LogP contribution in [0.25, 0.3) is 22.3 Å². The summed E-state index contributed by atoms with van der Waals surface area (Å²) in [5.74, 6) is -0.132. The third-order valence-electron chi connectivity index (χ3n) is 5.38. The highest BCUT2D eigenvalue weighted by molar-refractivity contribution is 7.12.